The lowest BCUT2D eigenvalue weighted by molar-refractivity contribution is -0.130. The number of halogens is 2. The third-order valence-electron chi connectivity index (χ3n) is 4.96. The van der Waals surface area contributed by atoms with Gasteiger partial charge in [0.1, 0.15) is 5.82 Å². The van der Waals surface area contributed by atoms with Crippen LogP contribution in [0.25, 0.3) is 0 Å². The summed E-state index contributed by atoms with van der Waals surface area (Å²) in [5.74, 6) is 1.84. The highest BCUT2D eigenvalue weighted by molar-refractivity contribution is 5.85. The van der Waals surface area contributed by atoms with Gasteiger partial charge in [-0.1, -0.05) is 6.07 Å². The number of anilines is 1. The van der Waals surface area contributed by atoms with Gasteiger partial charge in [-0.2, -0.15) is 0 Å². The van der Waals surface area contributed by atoms with Crippen molar-refractivity contribution in [1.82, 2.24) is 14.8 Å². The first-order valence-electron chi connectivity index (χ1n) is 8.62. The first-order valence-corrected chi connectivity index (χ1v) is 8.62. The summed E-state index contributed by atoms with van der Waals surface area (Å²) in [4.78, 5) is 23.4. The fraction of sp³-hybridized carbons (Fsp3) is 0.647. The van der Waals surface area contributed by atoms with E-state index in [2.05, 4.69) is 20.9 Å². The van der Waals surface area contributed by atoms with Crippen LogP contribution >= 0.6 is 24.8 Å². The minimum atomic E-state index is 0. The molecule has 1 unspecified atom stereocenters. The highest BCUT2D eigenvalue weighted by atomic mass is 35.5. The zero-order chi connectivity index (χ0) is 16.1. The second-order valence-corrected chi connectivity index (χ2v) is 6.50. The molecule has 25 heavy (non-hydrogen) atoms. The Hall–Kier alpha value is -1.08. The number of hydrogen-bond donors (Lipinski definition) is 1. The minimum absolute atomic E-state index is 0. The molecule has 2 saturated heterocycles. The molecule has 142 valence electrons. The van der Waals surface area contributed by atoms with E-state index in [1.807, 2.05) is 23.2 Å². The second-order valence-electron chi connectivity index (χ2n) is 6.50. The van der Waals surface area contributed by atoms with Crippen LogP contribution in [0.2, 0.25) is 0 Å². The number of piperazine rings is 1. The van der Waals surface area contributed by atoms with Gasteiger partial charge in [-0.05, 0) is 31.0 Å². The molecule has 0 spiro atoms. The Morgan fingerprint density at radius 2 is 1.92 bits per heavy atom. The standard InChI is InChI=1S/C17H27N5O.2ClH/c18-13-15-4-8-22(14-15)17(23)5-7-20-9-11-21(12-10-20)16-3-1-2-6-19-16;;/h1-3,6,15H,4-5,7-14,18H2;2*1H. The molecule has 0 radical (unpaired) electrons. The summed E-state index contributed by atoms with van der Waals surface area (Å²) >= 11 is 0. The van der Waals surface area contributed by atoms with Crippen LogP contribution in [0.1, 0.15) is 12.8 Å². The molecule has 3 heterocycles. The fourth-order valence-corrected chi connectivity index (χ4v) is 3.40. The molecule has 1 aromatic heterocycles. The van der Waals surface area contributed by atoms with Gasteiger partial charge in [0.15, 0.2) is 0 Å². The molecular formula is C17H29Cl2N5O. The highest BCUT2D eigenvalue weighted by Gasteiger charge is 2.25. The predicted octanol–water partition coefficient (Wildman–Crippen LogP) is 1.24. The molecule has 1 aromatic rings. The van der Waals surface area contributed by atoms with Crippen LogP contribution in [0, 0.1) is 5.92 Å². The van der Waals surface area contributed by atoms with Gasteiger partial charge in [0.05, 0.1) is 0 Å². The molecule has 0 bridgehead atoms. The maximum absolute atomic E-state index is 12.3. The van der Waals surface area contributed by atoms with Crippen molar-refractivity contribution in [3.63, 3.8) is 0 Å². The van der Waals surface area contributed by atoms with E-state index in [1.54, 1.807) is 0 Å². The van der Waals surface area contributed by atoms with E-state index in [4.69, 9.17) is 5.73 Å². The van der Waals surface area contributed by atoms with Crippen molar-refractivity contribution in [2.45, 2.75) is 12.8 Å². The third-order valence-corrected chi connectivity index (χ3v) is 4.96. The molecule has 0 aliphatic carbocycles. The van der Waals surface area contributed by atoms with Gasteiger partial charge in [-0.3, -0.25) is 9.69 Å². The van der Waals surface area contributed by atoms with Crippen LogP contribution in [-0.4, -0.2) is 73.0 Å². The van der Waals surface area contributed by atoms with Crippen LogP contribution in [0.4, 0.5) is 5.82 Å². The maximum Gasteiger partial charge on any atom is 0.223 e. The van der Waals surface area contributed by atoms with E-state index in [9.17, 15) is 4.79 Å². The average molecular weight is 390 g/mol. The van der Waals surface area contributed by atoms with Gasteiger partial charge >= 0.3 is 0 Å². The van der Waals surface area contributed by atoms with Gasteiger partial charge in [-0.15, -0.1) is 24.8 Å². The lowest BCUT2D eigenvalue weighted by Gasteiger charge is -2.35. The van der Waals surface area contributed by atoms with E-state index < -0.39 is 0 Å². The number of amides is 1. The largest absolute Gasteiger partial charge is 0.354 e. The average Bonchev–Trinajstić information content (AvgIpc) is 3.10. The summed E-state index contributed by atoms with van der Waals surface area (Å²) < 4.78 is 0. The Labute approximate surface area is 162 Å². The lowest BCUT2D eigenvalue weighted by atomic mass is 10.1. The molecule has 2 aliphatic rings. The second kappa shape index (κ2) is 10.8. The normalized spacial score (nSPS) is 20.8. The van der Waals surface area contributed by atoms with E-state index in [0.29, 0.717) is 18.9 Å². The smallest absolute Gasteiger partial charge is 0.223 e. The van der Waals surface area contributed by atoms with E-state index >= 15 is 0 Å². The van der Waals surface area contributed by atoms with E-state index in [-0.39, 0.29) is 30.7 Å². The van der Waals surface area contributed by atoms with Gasteiger partial charge in [0.2, 0.25) is 5.91 Å². The van der Waals surface area contributed by atoms with Crippen molar-refractivity contribution < 1.29 is 4.79 Å². The van der Waals surface area contributed by atoms with E-state index in [1.165, 1.54) is 0 Å². The first kappa shape index (κ1) is 22.0. The van der Waals surface area contributed by atoms with Crippen molar-refractivity contribution in [2.24, 2.45) is 11.7 Å². The quantitative estimate of drug-likeness (QED) is 0.820. The number of nitrogens with zero attached hydrogens (tertiary/aromatic N) is 4. The Morgan fingerprint density at radius 3 is 2.52 bits per heavy atom. The summed E-state index contributed by atoms with van der Waals surface area (Å²) in [5, 5.41) is 0. The molecule has 2 fully saturated rings. The third kappa shape index (κ3) is 5.99. The topological polar surface area (TPSA) is 65.7 Å². The number of hydrogen-bond acceptors (Lipinski definition) is 5. The first-order chi connectivity index (χ1) is 11.3. The van der Waals surface area contributed by atoms with Crippen molar-refractivity contribution >= 4 is 36.5 Å². The molecule has 2 aliphatic heterocycles. The predicted molar refractivity (Wildman–Crippen MR) is 106 cm³/mol. The van der Waals surface area contributed by atoms with Crippen molar-refractivity contribution in [3.8, 4) is 0 Å². The molecule has 1 amide bonds. The molecule has 8 heteroatoms. The van der Waals surface area contributed by atoms with E-state index in [0.717, 1.165) is 58.1 Å². The highest BCUT2D eigenvalue weighted by Crippen LogP contribution is 2.16. The molecule has 6 nitrogen and oxygen atoms in total. The van der Waals surface area contributed by atoms with Gasteiger partial charge < -0.3 is 15.5 Å². The Balaban J connectivity index is 0.00000156. The lowest BCUT2D eigenvalue weighted by Crippen LogP contribution is -2.47. The number of nitrogens with two attached hydrogens (primary N) is 1. The SMILES string of the molecule is Cl.Cl.NCC1CCN(C(=O)CCN2CCN(c3ccccn3)CC2)C1. The summed E-state index contributed by atoms with van der Waals surface area (Å²) in [5.41, 5.74) is 5.69. The van der Waals surface area contributed by atoms with Gasteiger partial charge in [0, 0.05) is 58.4 Å². The van der Waals surface area contributed by atoms with Crippen LogP contribution in [0.15, 0.2) is 24.4 Å². The van der Waals surface area contributed by atoms with Crippen molar-refractivity contribution in [2.75, 3.05) is 57.3 Å². The summed E-state index contributed by atoms with van der Waals surface area (Å²) in [6.07, 6.45) is 3.52. The molecule has 0 saturated carbocycles. The van der Waals surface area contributed by atoms with Crippen LogP contribution in [0.5, 0.6) is 0 Å². The fourth-order valence-electron chi connectivity index (χ4n) is 3.40. The van der Waals surface area contributed by atoms with Crippen LogP contribution in [0.3, 0.4) is 0 Å². The van der Waals surface area contributed by atoms with Gasteiger partial charge in [-0.25, -0.2) is 4.98 Å². The van der Waals surface area contributed by atoms with Crippen LogP contribution < -0.4 is 10.6 Å². The minimum Gasteiger partial charge on any atom is -0.354 e. The Kier molecular flexibility index (Phi) is 9.50. The summed E-state index contributed by atoms with van der Waals surface area (Å²) in [7, 11) is 0. The molecule has 2 N–H and O–H groups in total. The monoisotopic (exact) mass is 389 g/mol. The Morgan fingerprint density at radius 1 is 1.16 bits per heavy atom. The zero-order valence-electron chi connectivity index (χ0n) is 14.5. The van der Waals surface area contributed by atoms with Gasteiger partial charge in [0.25, 0.3) is 0 Å². The number of likely N-dealkylation sites (tertiary alicyclic amines) is 1. The number of pyridine rings is 1. The number of carbonyl (C=O) groups excluding carboxylic acids is 1. The molecular weight excluding hydrogens is 361 g/mol. The van der Waals surface area contributed by atoms with Crippen LogP contribution in [-0.2, 0) is 4.79 Å². The van der Waals surface area contributed by atoms with Crippen molar-refractivity contribution in [1.29, 1.82) is 0 Å². The molecule has 3 rings (SSSR count). The summed E-state index contributed by atoms with van der Waals surface area (Å²) in [6.45, 7) is 7.23. The Bertz CT molecular complexity index is 511. The number of rotatable bonds is 5. The zero-order valence-corrected chi connectivity index (χ0v) is 16.2. The maximum atomic E-state index is 12.3. The molecule has 0 aromatic carbocycles. The summed E-state index contributed by atoms with van der Waals surface area (Å²) in [6, 6.07) is 6.03. The number of carbonyl (C=O) groups is 1. The molecule has 1 atom stereocenters. The number of aromatic nitrogens is 1. The van der Waals surface area contributed by atoms with Crippen molar-refractivity contribution in [3.05, 3.63) is 24.4 Å².